The average Bonchev–Trinajstić information content (AvgIpc) is 3.68. The van der Waals surface area contributed by atoms with Crippen LogP contribution in [0.15, 0.2) is 180 Å². The molecule has 0 unspecified atom stereocenters. The Morgan fingerprint density at radius 1 is 0.431 bits per heavy atom. The second-order valence-corrected chi connectivity index (χ2v) is 14.1. The Morgan fingerprint density at radius 2 is 1.12 bits per heavy atom. The van der Waals surface area contributed by atoms with Crippen molar-refractivity contribution in [2.24, 2.45) is 0 Å². The SMILES string of the molecule is CC1(C)c2ccccc2-c2cc(N(c3ccc(-c4ccc5c(ccc6oc7ccccc7c65)c4)cc3)c3ccccc3-c3ccccc3)ccc21. The highest BCUT2D eigenvalue weighted by Crippen LogP contribution is 2.51. The van der Waals surface area contributed by atoms with Crippen LogP contribution in [-0.4, -0.2) is 0 Å². The van der Waals surface area contributed by atoms with Crippen LogP contribution in [0.3, 0.4) is 0 Å². The lowest BCUT2D eigenvalue weighted by Gasteiger charge is -2.29. The Balaban J connectivity index is 1.10. The zero-order chi connectivity index (χ0) is 34.1. The maximum atomic E-state index is 6.17. The molecule has 0 fully saturated rings. The van der Waals surface area contributed by atoms with E-state index >= 15 is 0 Å². The van der Waals surface area contributed by atoms with Crippen LogP contribution in [0.1, 0.15) is 25.0 Å². The third-order valence-corrected chi connectivity index (χ3v) is 10.9. The van der Waals surface area contributed by atoms with Crippen LogP contribution in [0, 0.1) is 0 Å². The smallest absolute Gasteiger partial charge is 0.136 e. The van der Waals surface area contributed by atoms with Crippen molar-refractivity contribution in [2.45, 2.75) is 19.3 Å². The van der Waals surface area contributed by atoms with Gasteiger partial charge in [0.25, 0.3) is 0 Å². The van der Waals surface area contributed by atoms with Gasteiger partial charge < -0.3 is 9.32 Å². The fraction of sp³-hybridized carbons (Fsp3) is 0.0612. The van der Waals surface area contributed by atoms with Gasteiger partial charge >= 0.3 is 0 Å². The number of nitrogens with zero attached hydrogens (tertiary/aromatic N) is 1. The van der Waals surface area contributed by atoms with E-state index in [0.29, 0.717) is 0 Å². The molecule has 2 nitrogen and oxygen atoms in total. The van der Waals surface area contributed by atoms with E-state index in [1.807, 2.05) is 12.1 Å². The molecule has 0 saturated heterocycles. The summed E-state index contributed by atoms with van der Waals surface area (Å²) in [5.41, 5.74) is 15.3. The van der Waals surface area contributed by atoms with Gasteiger partial charge in [0.15, 0.2) is 0 Å². The lowest BCUT2D eigenvalue weighted by Crippen LogP contribution is -2.15. The molecule has 9 aromatic rings. The number of hydrogen-bond acceptors (Lipinski definition) is 2. The van der Waals surface area contributed by atoms with E-state index in [9.17, 15) is 0 Å². The van der Waals surface area contributed by atoms with Gasteiger partial charge in [-0.15, -0.1) is 0 Å². The van der Waals surface area contributed by atoms with Crippen LogP contribution in [0.5, 0.6) is 0 Å². The predicted molar refractivity (Wildman–Crippen MR) is 214 cm³/mol. The Morgan fingerprint density at radius 3 is 1.98 bits per heavy atom. The molecule has 242 valence electrons. The highest BCUT2D eigenvalue weighted by molar-refractivity contribution is 6.19. The largest absolute Gasteiger partial charge is 0.456 e. The van der Waals surface area contributed by atoms with Crippen molar-refractivity contribution in [3.63, 3.8) is 0 Å². The number of furan rings is 1. The molecule has 0 atom stereocenters. The molecule has 1 aromatic heterocycles. The summed E-state index contributed by atoms with van der Waals surface area (Å²) in [6, 6.07) is 63.7. The first-order valence-corrected chi connectivity index (χ1v) is 17.7. The average molecular weight is 654 g/mol. The molecule has 0 radical (unpaired) electrons. The van der Waals surface area contributed by atoms with Gasteiger partial charge in [-0.25, -0.2) is 0 Å². The van der Waals surface area contributed by atoms with E-state index in [2.05, 4.69) is 183 Å². The van der Waals surface area contributed by atoms with Crippen LogP contribution < -0.4 is 4.90 Å². The van der Waals surface area contributed by atoms with Crippen LogP contribution >= 0.6 is 0 Å². The van der Waals surface area contributed by atoms with Gasteiger partial charge in [0.05, 0.1) is 5.69 Å². The van der Waals surface area contributed by atoms with Gasteiger partial charge in [0.2, 0.25) is 0 Å². The van der Waals surface area contributed by atoms with Crippen molar-refractivity contribution >= 4 is 49.8 Å². The molecular formula is C49H35NO. The highest BCUT2D eigenvalue weighted by atomic mass is 16.3. The summed E-state index contributed by atoms with van der Waals surface area (Å²) in [4.78, 5) is 2.42. The van der Waals surface area contributed by atoms with E-state index < -0.39 is 0 Å². The summed E-state index contributed by atoms with van der Waals surface area (Å²) in [7, 11) is 0. The minimum atomic E-state index is -0.0464. The second kappa shape index (κ2) is 11.3. The monoisotopic (exact) mass is 653 g/mol. The molecule has 0 N–H and O–H groups in total. The molecule has 0 amide bonds. The highest BCUT2D eigenvalue weighted by Gasteiger charge is 2.35. The van der Waals surface area contributed by atoms with E-state index in [-0.39, 0.29) is 5.41 Å². The number of rotatable bonds is 5. The molecule has 0 spiro atoms. The number of benzene rings is 8. The first kappa shape index (κ1) is 29.5. The van der Waals surface area contributed by atoms with Gasteiger partial charge in [-0.3, -0.25) is 0 Å². The lowest BCUT2D eigenvalue weighted by atomic mass is 9.82. The Hall–Kier alpha value is -6.38. The van der Waals surface area contributed by atoms with Crippen molar-refractivity contribution < 1.29 is 4.42 Å². The zero-order valence-corrected chi connectivity index (χ0v) is 28.6. The minimum absolute atomic E-state index is 0.0464. The molecule has 10 rings (SSSR count). The molecule has 1 aliphatic carbocycles. The Bertz CT molecular complexity index is 2770. The van der Waals surface area contributed by atoms with Crippen LogP contribution in [0.25, 0.3) is 66.1 Å². The fourth-order valence-electron chi connectivity index (χ4n) is 8.34. The quantitative estimate of drug-likeness (QED) is 0.184. The summed E-state index contributed by atoms with van der Waals surface area (Å²) in [5, 5.41) is 4.75. The van der Waals surface area contributed by atoms with Crippen molar-refractivity contribution in [2.75, 3.05) is 4.90 Å². The Kier molecular flexibility index (Phi) is 6.56. The van der Waals surface area contributed by atoms with Crippen molar-refractivity contribution in [1.29, 1.82) is 0 Å². The topological polar surface area (TPSA) is 16.4 Å². The van der Waals surface area contributed by atoms with E-state index in [1.165, 1.54) is 60.7 Å². The zero-order valence-electron chi connectivity index (χ0n) is 28.6. The van der Waals surface area contributed by atoms with Crippen LogP contribution in [0.4, 0.5) is 17.1 Å². The summed E-state index contributed by atoms with van der Waals surface area (Å²) in [5.74, 6) is 0. The molecule has 8 aromatic carbocycles. The Labute approximate surface area is 297 Å². The molecule has 1 heterocycles. The maximum absolute atomic E-state index is 6.17. The van der Waals surface area contributed by atoms with E-state index in [4.69, 9.17) is 4.42 Å². The molecule has 0 aliphatic heterocycles. The minimum Gasteiger partial charge on any atom is -0.456 e. The molecule has 1 aliphatic rings. The standard InChI is InChI=1S/C49H35NO/c1-49(2)43-17-9-6-15-40(43)42-31-37(26-28-44(42)49)50(45-18-10-7-14-38(45)33-12-4-3-5-13-33)36-24-20-32(21-25-36)34-22-27-39-35(30-34)23-29-47-48(39)41-16-8-11-19-46(41)51-47/h3-31H,1-2H3. The van der Waals surface area contributed by atoms with Crippen LogP contribution in [0.2, 0.25) is 0 Å². The number of fused-ring (bicyclic) bond motifs is 8. The van der Waals surface area contributed by atoms with Gasteiger partial charge in [-0.1, -0.05) is 141 Å². The van der Waals surface area contributed by atoms with Crippen molar-refractivity contribution in [3.05, 3.63) is 187 Å². The molecule has 0 bridgehead atoms. The first-order valence-electron chi connectivity index (χ1n) is 17.7. The fourth-order valence-corrected chi connectivity index (χ4v) is 8.34. The molecule has 2 heteroatoms. The van der Waals surface area contributed by atoms with E-state index in [0.717, 1.165) is 33.6 Å². The maximum Gasteiger partial charge on any atom is 0.136 e. The lowest BCUT2D eigenvalue weighted by molar-refractivity contribution is 0.660. The van der Waals surface area contributed by atoms with E-state index in [1.54, 1.807) is 0 Å². The third kappa shape index (κ3) is 4.64. The van der Waals surface area contributed by atoms with Crippen molar-refractivity contribution in [1.82, 2.24) is 0 Å². The first-order chi connectivity index (χ1) is 25.0. The predicted octanol–water partition coefficient (Wildman–Crippen LogP) is 13.8. The molecular weight excluding hydrogens is 619 g/mol. The number of para-hydroxylation sites is 2. The van der Waals surface area contributed by atoms with Crippen LogP contribution in [-0.2, 0) is 5.41 Å². The van der Waals surface area contributed by atoms with Gasteiger partial charge in [-0.2, -0.15) is 0 Å². The van der Waals surface area contributed by atoms with Gasteiger partial charge in [0.1, 0.15) is 11.2 Å². The van der Waals surface area contributed by atoms with Gasteiger partial charge in [0, 0.05) is 33.1 Å². The second-order valence-electron chi connectivity index (χ2n) is 14.1. The summed E-state index contributed by atoms with van der Waals surface area (Å²) in [6.07, 6.45) is 0. The molecule has 51 heavy (non-hydrogen) atoms. The number of hydrogen-bond donors (Lipinski definition) is 0. The van der Waals surface area contributed by atoms with Crippen molar-refractivity contribution in [3.8, 4) is 33.4 Å². The normalized spacial score (nSPS) is 13.1. The number of anilines is 3. The third-order valence-electron chi connectivity index (χ3n) is 10.9. The summed E-state index contributed by atoms with van der Waals surface area (Å²) < 4.78 is 6.17. The summed E-state index contributed by atoms with van der Waals surface area (Å²) >= 11 is 0. The van der Waals surface area contributed by atoms with Gasteiger partial charge in [-0.05, 0) is 98.2 Å². The molecule has 0 saturated carbocycles. The summed E-state index contributed by atoms with van der Waals surface area (Å²) in [6.45, 7) is 4.68.